The first-order valence-corrected chi connectivity index (χ1v) is 7.91. The lowest BCUT2D eigenvalue weighted by atomic mass is 9.99. The van der Waals surface area contributed by atoms with Gasteiger partial charge in [0.05, 0.1) is 18.4 Å². The largest absolute Gasteiger partial charge is 0.487 e. The molecule has 0 spiro atoms. The van der Waals surface area contributed by atoms with Crippen molar-refractivity contribution in [3.05, 3.63) is 70.4 Å². The third-order valence-corrected chi connectivity index (χ3v) is 4.15. The molecule has 0 saturated carbocycles. The Kier molecular flexibility index (Phi) is 5.05. The van der Waals surface area contributed by atoms with E-state index in [2.05, 4.69) is 5.29 Å². The minimum Gasteiger partial charge on any atom is -0.487 e. The van der Waals surface area contributed by atoms with Crippen LogP contribution < -0.4 is 4.74 Å². The fourth-order valence-corrected chi connectivity index (χ4v) is 2.90. The van der Waals surface area contributed by atoms with E-state index in [1.807, 2.05) is 30.3 Å². The first kappa shape index (κ1) is 16.4. The molecule has 0 aliphatic carbocycles. The maximum absolute atomic E-state index is 13.2. The third-order valence-electron chi connectivity index (χ3n) is 4.15. The molecule has 0 bridgehead atoms. The SMILES string of the molecule is O=NN(Cc1ccccc1)CC(O)C1CCc2cc(F)ccc2O1. The van der Waals surface area contributed by atoms with E-state index in [-0.39, 0.29) is 12.4 Å². The van der Waals surface area contributed by atoms with Gasteiger partial charge < -0.3 is 9.84 Å². The van der Waals surface area contributed by atoms with E-state index >= 15 is 0 Å². The number of hydrogen-bond donors (Lipinski definition) is 1. The van der Waals surface area contributed by atoms with E-state index in [4.69, 9.17) is 4.74 Å². The maximum Gasteiger partial charge on any atom is 0.127 e. The Morgan fingerprint density at radius 3 is 2.83 bits per heavy atom. The molecule has 1 aliphatic heterocycles. The van der Waals surface area contributed by atoms with Gasteiger partial charge in [0.15, 0.2) is 0 Å². The van der Waals surface area contributed by atoms with Crippen LogP contribution >= 0.6 is 0 Å². The van der Waals surface area contributed by atoms with Crippen molar-refractivity contribution in [1.82, 2.24) is 5.01 Å². The number of aliphatic hydroxyl groups is 1. The van der Waals surface area contributed by atoms with Crippen LogP contribution in [0.2, 0.25) is 0 Å². The van der Waals surface area contributed by atoms with Gasteiger partial charge in [-0.1, -0.05) is 30.3 Å². The summed E-state index contributed by atoms with van der Waals surface area (Å²) in [5, 5.41) is 14.7. The molecule has 1 N–H and O–H groups in total. The van der Waals surface area contributed by atoms with E-state index in [1.54, 1.807) is 6.07 Å². The number of nitroso groups, excluding NO2 is 1. The van der Waals surface area contributed by atoms with Crippen molar-refractivity contribution in [2.45, 2.75) is 31.6 Å². The molecule has 5 nitrogen and oxygen atoms in total. The Bertz CT molecular complexity index is 696. The highest BCUT2D eigenvalue weighted by Crippen LogP contribution is 2.29. The summed E-state index contributed by atoms with van der Waals surface area (Å²) in [6.45, 7) is 0.412. The molecular weight excluding hydrogens is 311 g/mol. The first-order valence-electron chi connectivity index (χ1n) is 7.91. The molecule has 0 amide bonds. The normalized spacial score (nSPS) is 17.5. The van der Waals surface area contributed by atoms with Gasteiger partial charge in [-0.15, -0.1) is 4.91 Å². The molecule has 1 heterocycles. The molecule has 24 heavy (non-hydrogen) atoms. The number of rotatable bonds is 6. The zero-order valence-corrected chi connectivity index (χ0v) is 13.1. The summed E-state index contributed by atoms with van der Waals surface area (Å²) in [5.74, 6) is 0.288. The van der Waals surface area contributed by atoms with Crippen molar-refractivity contribution in [1.29, 1.82) is 0 Å². The van der Waals surface area contributed by atoms with Gasteiger partial charge in [-0.25, -0.2) is 4.39 Å². The summed E-state index contributed by atoms with van der Waals surface area (Å²) in [6, 6.07) is 13.8. The Balaban J connectivity index is 1.61. The molecule has 0 fully saturated rings. The zero-order chi connectivity index (χ0) is 16.9. The monoisotopic (exact) mass is 330 g/mol. The van der Waals surface area contributed by atoms with Crippen LogP contribution in [0.3, 0.4) is 0 Å². The predicted molar refractivity (Wildman–Crippen MR) is 87.8 cm³/mol. The summed E-state index contributed by atoms with van der Waals surface area (Å²) >= 11 is 0. The number of ether oxygens (including phenoxy) is 1. The number of fused-ring (bicyclic) bond motifs is 1. The van der Waals surface area contributed by atoms with E-state index < -0.39 is 12.2 Å². The van der Waals surface area contributed by atoms with E-state index in [9.17, 15) is 14.4 Å². The summed E-state index contributed by atoms with van der Waals surface area (Å²) in [4.78, 5) is 11.0. The topological polar surface area (TPSA) is 62.1 Å². The number of nitrogens with zero attached hydrogens (tertiary/aromatic N) is 2. The average molecular weight is 330 g/mol. The lowest BCUT2D eigenvalue weighted by Gasteiger charge is -2.31. The van der Waals surface area contributed by atoms with Crippen LogP contribution in [0.5, 0.6) is 5.75 Å². The van der Waals surface area contributed by atoms with Gasteiger partial charge in [0.2, 0.25) is 0 Å². The lowest BCUT2D eigenvalue weighted by molar-refractivity contribution is 0.000289. The second-order valence-corrected chi connectivity index (χ2v) is 5.93. The second-order valence-electron chi connectivity index (χ2n) is 5.93. The number of aryl methyl sites for hydroxylation is 1. The van der Waals surface area contributed by atoms with Crippen molar-refractivity contribution < 1.29 is 14.2 Å². The van der Waals surface area contributed by atoms with Gasteiger partial charge in [0, 0.05) is 0 Å². The van der Waals surface area contributed by atoms with Crippen molar-refractivity contribution >= 4 is 0 Å². The van der Waals surface area contributed by atoms with E-state index in [0.717, 1.165) is 11.1 Å². The number of hydrogen-bond acceptors (Lipinski definition) is 4. The first-order chi connectivity index (χ1) is 11.7. The maximum atomic E-state index is 13.2. The lowest BCUT2D eigenvalue weighted by Crippen LogP contribution is -2.41. The fourth-order valence-electron chi connectivity index (χ4n) is 2.90. The molecule has 3 rings (SSSR count). The van der Waals surface area contributed by atoms with Gasteiger partial charge in [-0.3, -0.25) is 5.01 Å². The zero-order valence-electron chi connectivity index (χ0n) is 13.1. The molecule has 2 aromatic rings. The number of benzene rings is 2. The highest BCUT2D eigenvalue weighted by molar-refractivity contribution is 5.36. The minimum atomic E-state index is -0.857. The Morgan fingerprint density at radius 2 is 2.08 bits per heavy atom. The summed E-state index contributed by atoms with van der Waals surface area (Å²) in [5.41, 5.74) is 1.74. The molecule has 126 valence electrons. The molecule has 2 unspecified atom stereocenters. The van der Waals surface area contributed by atoms with Crippen LogP contribution in [-0.4, -0.2) is 28.9 Å². The number of aliphatic hydroxyl groups excluding tert-OH is 1. The predicted octanol–water partition coefficient (Wildman–Crippen LogP) is 3.06. The van der Waals surface area contributed by atoms with Crippen LogP contribution in [-0.2, 0) is 13.0 Å². The Hall–Kier alpha value is -2.47. The summed E-state index contributed by atoms with van der Waals surface area (Å²) in [6.07, 6.45) is -0.106. The molecular formula is C18H19FN2O3. The van der Waals surface area contributed by atoms with Crippen LogP contribution in [0.25, 0.3) is 0 Å². The van der Waals surface area contributed by atoms with Gasteiger partial charge in [0.1, 0.15) is 23.8 Å². The summed E-state index contributed by atoms with van der Waals surface area (Å²) in [7, 11) is 0. The second kappa shape index (κ2) is 7.40. The molecule has 2 atom stereocenters. The molecule has 0 radical (unpaired) electrons. The van der Waals surface area contributed by atoms with Crippen LogP contribution in [0.1, 0.15) is 17.5 Å². The highest BCUT2D eigenvalue weighted by atomic mass is 19.1. The highest BCUT2D eigenvalue weighted by Gasteiger charge is 2.28. The van der Waals surface area contributed by atoms with Crippen molar-refractivity contribution in [3.8, 4) is 5.75 Å². The molecule has 0 saturated heterocycles. The molecule has 2 aromatic carbocycles. The van der Waals surface area contributed by atoms with E-state index in [0.29, 0.717) is 25.1 Å². The van der Waals surface area contributed by atoms with Gasteiger partial charge in [-0.05, 0) is 42.2 Å². The Labute approximate surface area is 139 Å². The molecule has 0 aromatic heterocycles. The van der Waals surface area contributed by atoms with Crippen molar-refractivity contribution in [2.75, 3.05) is 6.54 Å². The van der Waals surface area contributed by atoms with Gasteiger partial charge >= 0.3 is 0 Å². The molecule has 6 heteroatoms. The number of halogens is 1. The minimum absolute atomic E-state index is 0.0829. The Morgan fingerprint density at radius 1 is 1.29 bits per heavy atom. The van der Waals surface area contributed by atoms with Gasteiger partial charge in [0.25, 0.3) is 0 Å². The van der Waals surface area contributed by atoms with Crippen molar-refractivity contribution in [2.24, 2.45) is 5.29 Å². The van der Waals surface area contributed by atoms with Crippen LogP contribution in [0.15, 0.2) is 53.8 Å². The van der Waals surface area contributed by atoms with Crippen LogP contribution in [0, 0.1) is 10.7 Å². The average Bonchev–Trinajstić information content (AvgIpc) is 2.61. The van der Waals surface area contributed by atoms with Gasteiger partial charge in [-0.2, -0.15) is 0 Å². The van der Waals surface area contributed by atoms with Crippen molar-refractivity contribution in [3.63, 3.8) is 0 Å². The summed E-state index contributed by atoms with van der Waals surface area (Å²) < 4.78 is 19.0. The van der Waals surface area contributed by atoms with Crippen LogP contribution in [0.4, 0.5) is 4.39 Å². The molecule has 1 aliphatic rings. The standard InChI is InChI=1S/C18H19FN2O3/c19-15-7-9-17-14(10-15)6-8-18(24-17)16(22)12-21(20-23)11-13-4-2-1-3-5-13/h1-5,7,9-10,16,18,22H,6,8,11-12H2. The van der Waals surface area contributed by atoms with E-state index in [1.165, 1.54) is 17.1 Å². The fraction of sp³-hybridized carbons (Fsp3) is 0.333. The smallest absolute Gasteiger partial charge is 0.127 e. The quantitative estimate of drug-likeness (QED) is 0.653. The third kappa shape index (κ3) is 3.89.